The van der Waals surface area contributed by atoms with Crippen molar-refractivity contribution in [2.45, 2.75) is 25.8 Å². The van der Waals surface area contributed by atoms with Gasteiger partial charge in [0.05, 0.1) is 11.7 Å². The Balaban J connectivity index is 1.99. The summed E-state index contributed by atoms with van der Waals surface area (Å²) in [5, 5.41) is 4.47. The lowest BCUT2D eigenvalue weighted by Crippen LogP contribution is -2.10. The first kappa shape index (κ1) is 9.64. The molecule has 2 aromatic rings. The Morgan fingerprint density at radius 3 is 2.62 bits per heavy atom. The molecule has 3 rings (SSSR count). The van der Waals surface area contributed by atoms with Crippen molar-refractivity contribution in [3.8, 4) is 11.3 Å². The Hall–Kier alpha value is -1.57. The lowest BCUT2D eigenvalue weighted by Gasteiger charge is -2.14. The van der Waals surface area contributed by atoms with Gasteiger partial charge in [0, 0.05) is 6.20 Å². The first-order chi connectivity index (χ1) is 7.86. The Bertz CT molecular complexity index is 468. The van der Waals surface area contributed by atoms with Gasteiger partial charge in [-0.05, 0) is 37.3 Å². The van der Waals surface area contributed by atoms with E-state index in [0.717, 1.165) is 5.92 Å². The van der Waals surface area contributed by atoms with Crippen LogP contribution in [0.1, 0.15) is 25.8 Å². The largest absolute Gasteiger partial charge is 0.262 e. The summed E-state index contributed by atoms with van der Waals surface area (Å²) in [6, 6.07) is 13.1. The van der Waals surface area contributed by atoms with Crippen LogP contribution in [0.5, 0.6) is 0 Å². The maximum Gasteiger partial charge on any atom is 0.0685 e. The van der Waals surface area contributed by atoms with E-state index in [1.807, 2.05) is 6.20 Å². The number of rotatable bonds is 3. The fraction of sp³-hybridized carbons (Fsp3) is 0.357. The number of nitrogens with zero attached hydrogens (tertiary/aromatic N) is 2. The van der Waals surface area contributed by atoms with E-state index in [2.05, 4.69) is 53.1 Å². The quantitative estimate of drug-likeness (QED) is 0.761. The van der Waals surface area contributed by atoms with Gasteiger partial charge in [0.2, 0.25) is 0 Å². The van der Waals surface area contributed by atoms with Crippen molar-refractivity contribution in [3.63, 3.8) is 0 Å². The summed E-state index contributed by atoms with van der Waals surface area (Å²) in [6.07, 6.45) is 4.62. The van der Waals surface area contributed by atoms with Crippen LogP contribution in [0.2, 0.25) is 0 Å². The first-order valence-corrected chi connectivity index (χ1v) is 5.95. The minimum Gasteiger partial charge on any atom is -0.262 e. The highest BCUT2D eigenvalue weighted by molar-refractivity contribution is 5.59. The molecule has 0 radical (unpaired) electrons. The van der Waals surface area contributed by atoms with Gasteiger partial charge in [-0.15, -0.1) is 0 Å². The molecule has 1 aliphatic rings. The maximum atomic E-state index is 4.47. The van der Waals surface area contributed by atoms with Gasteiger partial charge in [-0.25, -0.2) is 0 Å². The Kier molecular flexibility index (Phi) is 2.28. The molecule has 0 N–H and O–H groups in total. The molecule has 1 heterocycles. The predicted octanol–water partition coefficient (Wildman–Crippen LogP) is 3.52. The van der Waals surface area contributed by atoms with Crippen molar-refractivity contribution in [2.24, 2.45) is 5.92 Å². The molecule has 0 bridgehead atoms. The molecule has 2 nitrogen and oxygen atoms in total. The van der Waals surface area contributed by atoms with Gasteiger partial charge in [-0.1, -0.05) is 30.3 Å². The van der Waals surface area contributed by atoms with Crippen LogP contribution in [0.15, 0.2) is 42.6 Å². The van der Waals surface area contributed by atoms with Crippen molar-refractivity contribution < 1.29 is 0 Å². The van der Waals surface area contributed by atoms with E-state index in [0.29, 0.717) is 6.04 Å². The van der Waals surface area contributed by atoms with Crippen molar-refractivity contribution in [1.82, 2.24) is 9.78 Å². The van der Waals surface area contributed by atoms with Gasteiger partial charge in [0.15, 0.2) is 0 Å². The van der Waals surface area contributed by atoms with E-state index in [1.165, 1.54) is 24.1 Å². The van der Waals surface area contributed by atoms with Gasteiger partial charge >= 0.3 is 0 Å². The third-order valence-electron chi connectivity index (χ3n) is 3.43. The molecule has 2 heteroatoms. The summed E-state index contributed by atoms with van der Waals surface area (Å²) in [6.45, 7) is 2.27. The summed E-state index contributed by atoms with van der Waals surface area (Å²) in [4.78, 5) is 0. The molecule has 0 aliphatic heterocycles. The molecule has 0 amide bonds. The van der Waals surface area contributed by atoms with E-state index in [-0.39, 0.29) is 0 Å². The predicted molar refractivity (Wildman–Crippen MR) is 65.1 cm³/mol. The highest BCUT2D eigenvalue weighted by Gasteiger charge is 2.30. The summed E-state index contributed by atoms with van der Waals surface area (Å²) in [5.41, 5.74) is 2.49. The molecule has 1 saturated carbocycles. The second-order valence-corrected chi connectivity index (χ2v) is 4.61. The molecule has 1 atom stereocenters. The van der Waals surface area contributed by atoms with Gasteiger partial charge < -0.3 is 0 Å². The van der Waals surface area contributed by atoms with Gasteiger partial charge in [-0.2, -0.15) is 5.10 Å². The van der Waals surface area contributed by atoms with E-state index < -0.39 is 0 Å². The van der Waals surface area contributed by atoms with Crippen LogP contribution in [0.25, 0.3) is 11.3 Å². The topological polar surface area (TPSA) is 17.8 Å². The molecular formula is C14H16N2. The molecule has 1 aliphatic carbocycles. The smallest absolute Gasteiger partial charge is 0.0685 e. The summed E-state index contributed by atoms with van der Waals surface area (Å²) < 4.78 is 2.17. The third kappa shape index (κ3) is 1.64. The fourth-order valence-electron chi connectivity index (χ4n) is 2.25. The summed E-state index contributed by atoms with van der Waals surface area (Å²) in [7, 11) is 0. The monoisotopic (exact) mass is 212 g/mol. The van der Waals surface area contributed by atoms with Crippen LogP contribution in [-0.4, -0.2) is 9.78 Å². The highest BCUT2D eigenvalue weighted by Crippen LogP contribution is 2.40. The zero-order valence-corrected chi connectivity index (χ0v) is 9.50. The first-order valence-electron chi connectivity index (χ1n) is 5.95. The Labute approximate surface area is 95.9 Å². The van der Waals surface area contributed by atoms with Crippen molar-refractivity contribution >= 4 is 0 Å². The number of hydrogen-bond acceptors (Lipinski definition) is 1. The summed E-state index contributed by atoms with van der Waals surface area (Å²) in [5.74, 6) is 0.836. The van der Waals surface area contributed by atoms with Crippen molar-refractivity contribution in [3.05, 3.63) is 42.6 Å². The normalized spacial score (nSPS) is 17.3. The van der Waals surface area contributed by atoms with E-state index in [1.54, 1.807) is 0 Å². The third-order valence-corrected chi connectivity index (χ3v) is 3.43. The van der Waals surface area contributed by atoms with Gasteiger partial charge in [0.25, 0.3) is 0 Å². The molecule has 1 aromatic carbocycles. The van der Waals surface area contributed by atoms with E-state index in [9.17, 15) is 0 Å². The van der Waals surface area contributed by atoms with E-state index in [4.69, 9.17) is 0 Å². The molecule has 16 heavy (non-hydrogen) atoms. The van der Waals surface area contributed by atoms with Crippen molar-refractivity contribution in [1.29, 1.82) is 0 Å². The van der Waals surface area contributed by atoms with Gasteiger partial charge in [0.1, 0.15) is 0 Å². The molecule has 0 saturated heterocycles. The maximum absolute atomic E-state index is 4.47. The zero-order chi connectivity index (χ0) is 11.0. The van der Waals surface area contributed by atoms with Crippen LogP contribution < -0.4 is 0 Å². The minimum atomic E-state index is 0.533. The molecular weight excluding hydrogens is 196 g/mol. The van der Waals surface area contributed by atoms with Crippen LogP contribution in [0, 0.1) is 5.92 Å². The number of hydrogen-bond donors (Lipinski definition) is 0. The standard InChI is InChI=1S/C14H16N2/c1-11(12-7-8-12)16-14(9-10-15-16)13-5-3-2-4-6-13/h2-6,9-12H,7-8H2,1H3. The minimum absolute atomic E-state index is 0.533. The van der Waals surface area contributed by atoms with E-state index >= 15 is 0 Å². The molecule has 1 aromatic heterocycles. The van der Waals surface area contributed by atoms with Crippen molar-refractivity contribution in [2.75, 3.05) is 0 Å². The molecule has 1 fully saturated rings. The lowest BCUT2D eigenvalue weighted by molar-refractivity contribution is 0.445. The van der Waals surface area contributed by atoms with Crippen LogP contribution in [0.4, 0.5) is 0 Å². The van der Waals surface area contributed by atoms with Crippen LogP contribution >= 0.6 is 0 Å². The average molecular weight is 212 g/mol. The summed E-state index contributed by atoms with van der Waals surface area (Å²) >= 11 is 0. The number of aromatic nitrogens is 2. The second-order valence-electron chi connectivity index (χ2n) is 4.61. The Morgan fingerprint density at radius 2 is 1.94 bits per heavy atom. The SMILES string of the molecule is CC(C1CC1)n1nccc1-c1ccccc1. The molecule has 82 valence electrons. The Morgan fingerprint density at radius 1 is 1.19 bits per heavy atom. The average Bonchev–Trinajstić information content (AvgIpc) is 3.06. The molecule has 0 spiro atoms. The lowest BCUT2D eigenvalue weighted by atomic mass is 10.1. The number of benzene rings is 1. The van der Waals surface area contributed by atoms with Crippen LogP contribution in [0.3, 0.4) is 0 Å². The fourth-order valence-corrected chi connectivity index (χ4v) is 2.25. The zero-order valence-electron chi connectivity index (χ0n) is 9.50. The van der Waals surface area contributed by atoms with Crippen LogP contribution in [-0.2, 0) is 0 Å². The second kappa shape index (κ2) is 3.78. The van der Waals surface area contributed by atoms with Gasteiger partial charge in [-0.3, -0.25) is 4.68 Å². The highest BCUT2D eigenvalue weighted by atomic mass is 15.3. The molecule has 1 unspecified atom stereocenters.